The molecule has 1 atom stereocenters. The van der Waals surface area contributed by atoms with Crippen LogP contribution in [0.25, 0.3) is 6.08 Å². The fourth-order valence-corrected chi connectivity index (χ4v) is 2.47. The van der Waals surface area contributed by atoms with Crippen molar-refractivity contribution in [3.63, 3.8) is 0 Å². The van der Waals surface area contributed by atoms with E-state index in [0.717, 1.165) is 5.56 Å². The fraction of sp³-hybridized carbons (Fsp3) is 0.125. The first-order valence-corrected chi connectivity index (χ1v) is 6.56. The molecule has 0 radical (unpaired) electrons. The first-order valence-electron chi connectivity index (χ1n) is 6.56. The number of aromatic hydroxyl groups is 5. The maximum Gasteiger partial charge on any atom is 0.268 e. The summed E-state index contributed by atoms with van der Waals surface area (Å²) in [6.45, 7) is 1.81. The van der Waals surface area contributed by atoms with E-state index >= 15 is 0 Å². The van der Waals surface area contributed by atoms with E-state index in [1.807, 2.05) is 0 Å². The normalized spacial score (nSPS) is 16.6. The van der Waals surface area contributed by atoms with Crippen LogP contribution in [0.5, 0.6) is 28.7 Å². The number of phenolic OH excluding ortho intramolecular Hbond substituents is 4. The predicted octanol–water partition coefficient (Wildman–Crippen LogP) is 2.71. The van der Waals surface area contributed by atoms with E-state index in [0.29, 0.717) is 16.9 Å². The number of phenols is 4. The van der Waals surface area contributed by atoms with Crippen LogP contribution in [0, 0.1) is 6.92 Å². The van der Waals surface area contributed by atoms with Gasteiger partial charge in [0.1, 0.15) is 11.3 Å². The summed E-state index contributed by atoms with van der Waals surface area (Å²) in [5, 5.41) is 48.6. The summed E-state index contributed by atoms with van der Waals surface area (Å²) in [5.74, 6) is -1.27. The third-order valence-electron chi connectivity index (χ3n) is 3.53. The zero-order valence-corrected chi connectivity index (χ0v) is 11.6. The molecule has 3 rings (SSSR count). The Morgan fingerprint density at radius 3 is 2.14 bits per heavy atom. The van der Waals surface area contributed by atoms with Gasteiger partial charge in [0, 0.05) is 12.1 Å². The van der Waals surface area contributed by atoms with Crippen molar-refractivity contribution in [1.29, 1.82) is 0 Å². The van der Waals surface area contributed by atoms with Crippen molar-refractivity contribution in [1.82, 2.24) is 0 Å². The van der Waals surface area contributed by atoms with Crippen molar-refractivity contribution in [2.75, 3.05) is 0 Å². The molecule has 0 amide bonds. The lowest BCUT2D eigenvalue weighted by molar-refractivity contribution is -0.0195. The Bertz CT molecular complexity index is 770. The molecule has 0 fully saturated rings. The van der Waals surface area contributed by atoms with Crippen molar-refractivity contribution in [3.8, 4) is 28.7 Å². The van der Waals surface area contributed by atoms with Crippen LogP contribution in [-0.4, -0.2) is 30.3 Å². The van der Waals surface area contributed by atoms with Gasteiger partial charge in [0.05, 0.1) is 5.56 Å². The third kappa shape index (κ3) is 2.14. The lowest BCUT2D eigenvalue weighted by Gasteiger charge is -2.22. The molecule has 6 N–H and O–H groups in total. The van der Waals surface area contributed by atoms with E-state index in [1.54, 1.807) is 19.1 Å². The van der Waals surface area contributed by atoms with Crippen molar-refractivity contribution >= 4 is 6.08 Å². The van der Waals surface area contributed by atoms with Crippen molar-refractivity contribution < 1.29 is 30.3 Å². The molecule has 1 aliphatic rings. The molecule has 22 heavy (non-hydrogen) atoms. The Morgan fingerprint density at radius 1 is 0.864 bits per heavy atom. The SMILES string of the molecule is Cc1cc(O)c2c(c1)[OH+]C(c1cc(O)c(O)c(O)c1)C(O)=C2. The molecule has 114 valence electrons. The maximum absolute atomic E-state index is 10.1. The van der Waals surface area contributed by atoms with E-state index in [1.165, 1.54) is 18.2 Å². The van der Waals surface area contributed by atoms with Crippen molar-refractivity contribution in [3.05, 3.63) is 46.7 Å². The van der Waals surface area contributed by atoms with Gasteiger partial charge in [-0.15, -0.1) is 0 Å². The molecule has 2 aromatic carbocycles. The summed E-state index contributed by atoms with van der Waals surface area (Å²) in [6.07, 6.45) is 0.550. The number of hydrogen-bond acceptors (Lipinski definition) is 5. The number of aliphatic hydroxyl groups is 2. The van der Waals surface area contributed by atoms with E-state index in [-0.39, 0.29) is 11.5 Å². The molecule has 6 nitrogen and oxygen atoms in total. The summed E-state index contributed by atoms with van der Waals surface area (Å²) in [6, 6.07) is 5.75. The number of aliphatic hydroxyl groups excluding tert-OH is 1. The van der Waals surface area contributed by atoms with Crippen LogP contribution in [0.3, 0.4) is 0 Å². The molecule has 1 heterocycles. The lowest BCUT2D eigenvalue weighted by atomic mass is 10.00. The first kappa shape index (κ1) is 13.9. The van der Waals surface area contributed by atoms with Gasteiger partial charge >= 0.3 is 0 Å². The topological polar surface area (TPSA) is 114 Å². The zero-order chi connectivity index (χ0) is 16.0. The second-order valence-electron chi connectivity index (χ2n) is 5.23. The van der Waals surface area contributed by atoms with Gasteiger partial charge in [0.2, 0.25) is 0 Å². The summed E-state index contributed by atoms with van der Waals surface area (Å²) >= 11 is 0. The zero-order valence-electron chi connectivity index (χ0n) is 11.6. The van der Waals surface area contributed by atoms with Crippen LogP contribution in [0.4, 0.5) is 0 Å². The van der Waals surface area contributed by atoms with E-state index in [2.05, 4.69) is 4.74 Å². The largest absolute Gasteiger partial charge is 0.571 e. The molecule has 0 bridgehead atoms. The minimum Gasteiger partial charge on any atom is -0.571 e. The number of aryl methyl sites for hydroxylation is 1. The highest BCUT2D eigenvalue weighted by molar-refractivity contribution is 5.68. The van der Waals surface area contributed by atoms with Gasteiger partial charge in [-0.05, 0) is 30.7 Å². The Balaban J connectivity index is 2.08. The third-order valence-corrected chi connectivity index (χ3v) is 3.53. The molecule has 6 heteroatoms. The molecule has 2 aromatic rings. The molecular formula is C16H15O6+. The van der Waals surface area contributed by atoms with Gasteiger partial charge in [0.15, 0.2) is 23.0 Å². The molecular weight excluding hydrogens is 288 g/mol. The number of rotatable bonds is 1. The van der Waals surface area contributed by atoms with Crippen LogP contribution in [0.1, 0.15) is 22.8 Å². The standard InChI is InChI=1S/C16H14O6/c1-7-2-10(17)9-6-13(20)16(22-14(9)3-7)8-4-11(18)15(21)12(19)5-8/h2-6,16-21H,1H3/p+1. The second kappa shape index (κ2) is 4.77. The van der Waals surface area contributed by atoms with Gasteiger partial charge in [0.25, 0.3) is 11.9 Å². The van der Waals surface area contributed by atoms with Crippen LogP contribution in [0.15, 0.2) is 30.0 Å². The quantitative estimate of drug-likeness (QED) is 0.410. The van der Waals surface area contributed by atoms with Crippen molar-refractivity contribution in [2.45, 2.75) is 13.0 Å². The van der Waals surface area contributed by atoms with Crippen LogP contribution in [-0.2, 0) is 0 Å². The molecule has 0 aromatic heterocycles. The fourth-order valence-electron chi connectivity index (χ4n) is 2.47. The Labute approximate surface area is 125 Å². The predicted molar refractivity (Wildman–Crippen MR) is 79.3 cm³/mol. The number of benzene rings is 2. The van der Waals surface area contributed by atoms with E-state index < -0.39 is 23.4 Å². The maximum atomic E-state index is 10.1. The summed E-state index contributed by atoms with van der Waals surface area (Å²) in [5.41, 5.74) is 1.53. The highest BCUT2D eigenvalue weighted by Gasteiger charge is 2.32. The number of fused-ring (bicyclic) bond motifs is 1. The summed E-state index contributed by atoms with van der Waals surface area (Å²) in [4.78, 5) is 0. The summed E-state index contributed by atoms with van der Waals surface area (Å²) < 4.78 is 4.35. The number of ether oxygens (including phenoxy) is 1. The second-order valence-corrected chi connectivity index (χ2v) is 5.23. The van der Waals surface area contributed by atoms with Crippen molar-refractivity contribution in [2.24, 2.45) is 0 Å². The smallest absolute Gasteiger partial charge is 0.268 e. The highest BCUT2D eigenvalue weighted by Crippen LogP contribution is 2.45. The van der Waals surface area contributed by atoms with Gasteiger partial charge in [-0.25, -0.2) is 0 Å². The lowest BCUT2D eigenvalue weighted by Crippen LogP contribution is -2.12. The van der Waals surface area contributed by atoms with Crippen LogP contribution in [0.2, 0.25) is 0 Å². The highest BCUT2D eigenvalue weighted by atomic mass is 16.5. The Kier molecular flexibility index (Phi) is 3.02. The van der Waals surface area contributed by atoms with Gasteiger partial charge < -0.3 is 30.3 Å². The molecule has 0 aliphatic carbocycles. The van der Waals surface area contributed by atoms with Gasteiger partial charge in [-0.2, -0.15) is 0 Å². The molecule has 0 spiro atoms. The van der Waals surface area contributed by atoms with Gasteiger partial charge in [-0.1, -0.05) is 0 Å². The average molecular weight is 303 g/mol. The Morgan fingerprint density at radius 2 is 1.50 bits per heavy atom. The Hall–Kier alpha value is -3.02. The van der Waals surface area contributed by atoms with Crippen LogP contribution < -0.4 is 0 Å². The van der Waals surface area contributed by atoms with Gasteiger partial charge in [-0.3, -0.25) is 0 Å². The first-order chi connectivity index (χ1) is 10.4. The van der Waals surface area contributed by atoms with Crippen LogP contribution >= 0.6 is 0 Å². The van der Waals surface area contributed by atoms with E-state index in [9.17, 15) is 25.5 Å². The minimum absolute atomic E-state index is 0.0140. The molecule has 1 unspecified atom stereocenters. The minimum atomic E-state index is -0.842. The molecule has 0 saturated heterocycles. The van der Waals surface area contributed by atoms with E-state index in [4.69, 9.17) is 0 Å². The molecule has 0 saturated carbocycles. The monoisotopic (exact) mass is 303 g/mol. The molecule has 1 aliphatic heterocycles. The average Bonchev–Trinajstić information content (AvgIpc) is 2.44. The summed E-state index contributed by atoms with van der Waals surface area (Å²) in [7, 11) is 0. The number of hydrogen-bond donors (Lipinski definition) is 5.